The average Bonchev–Trinajstić information content (AvgIpc) is 2.78. The minimum absolute atomic E-state index is 0.0260. The van der Waals surface area contributed by atoms with Crippen LogP contribution in [0, 0.1) is 5.92 Å². The van der Waals surface area contributed by atoms with Gasteiger partial charge in [0, 0.05) is 18.2 Å². The van der Waals surface area contributed by atoms with Crippen LogP contribution in [0.4, 0.5) is 5.69 Å². The van der Waals surface area contributed by atoms with E-state index in [2.05, 4.69) is 27.8 Å². The van der Waals surface area contributed by atoms with Gasteiger partial charge in [0.15, 0.2) is 0 Å². The first-order valence-corrected chi connectivity index (χ1v) is 10.1. The molecule has 1 aromatic heterocycles. The summed E-state index contributed by atoms with van der Waals surface area (Å²) in [7, 11) is 0. The van der Waals surface area contributed by atoms with Crippen molar-refractivity contribution in [2.24, 2.45) is 5.92 Å². The largest absolute Gasteiger partial charge is 0.327 e. The van der Waals surface area contributed by atoms with Gasteiger partial charge in [0.25, 0.3) is 0 Å². The van der Waals surface area contributed by atoms with Crippen LogP contribution in [-0.4, -0.2) is 33.4 Å². The molecule has 1 fully saturated rings. The van der Waals surface area contributed by atoms with Gasteiger partial charge in [0.1, 0.15) is 5.82 Å². The average molecular weight is 357 g/mol. The lowest BCUT2D eigenvalue weighted by Crippen LogP contribution is -2.26. The summed E-state index contributed by atoms with van der Waals surface area (Å²) in [5, 5.41) is 2.99. The molecule has 1 aromatic carbocycles. The Morgan fingerprint density at radius 3 is 2.58 bits per heavy atom. The van der Waals surface area contributed by atoms with Gasteiger partial charge >= 0.3 is 0 Å². The van der Waals surface area contributed by atoms with Gasteiger partial charge < -0.3 is 9.88 Å². The Balaban J connectivity index is 1.86. The Morgan fingerprint density at radius 1 is 1.19 bits per heavy atom. The van der Waals surface area contributed by atoms with Gasteiger partial charge in [0.05, 0.1) is 17.6 Å². The van der Waals surface area contributed by atoms with Crippen molar-refractivity contribution in [3.63, 3.8) is 0 Å². The van der Waals surface area contributed by atoms with Crippen molar-refractivity contribution in [1.82, 2.24) is 14.5 Å². The molecule has 0 aliphatic carbocycles. The van der Waals surface area contributed by atoms with Crippen LogP contribution in [-0.2, 0) is 17.9 Å². The fourth-order valence-electron chi connectivity index (χ4n) is 3.63. The number of nitrogens with zero attached hydrogens (tertiary/aromatic N) is 3. The van der Waals surface area contributed by atoms with Crippen molar-refractivity contribution in [3.05, 3.63) is 24.0 Å². The number of imidazole rings is 1. The van der Waals surface area contributed by atoms with E-state index < -0.39 is 0 Å². The number of aryl methyl sites for hydroxylation is 1. The van der Waals surface area contributed by atoms with Gasteiger partial charge in [-0.1, -0.05) is 33.6 Å². The van der Waals surface area contributed by atoms with Crippen LogP contribution in [0.1, 0.15) is 58.7 Å². The summed E-state index contributed by atoms with van der Waals surface area (Å²) < 4.78 is 2.36. The van der Waals surface area contributed by atoms with Crippen LogP contribution in [0.25, 0.3) is 11.0 Å². The second-order valence-electron chi connectivity index (χ2n) is 7.72. The number of hydrogen-bond acceptors (Lipinski definition) is 3. The third kappa shape index (κ3) is 4.44. The summed E-state index contributed by atoms with van der Waals surface area (Å²) in [4.78, 5) is 19.5. The number of benzene rings is 1. The molecule has 0 saturated carbocycles. The number of likely N-dealkylation sites (tertiary alicyclic amines) is 1. The second kappa shape index (κ2) is 8.67. The second-order valence-corrected chi connectivity index (χ2v) is 7.72. The molecule has 0 spiro atoms. The van der Waals surface area contributed by atoms with Crippen molar-refractivity contribution in [3.8, 4) is 0 Å². The minimum atomic E-state index is -0.0260. The van der Waals surface area contributed by atoms with Crippen molar-refractivity contribution in [1.29, 1.82) is 0 Å². The lowest BCUT2D eigenvalue weighted by Gasteiger charge is -2.20. The van der Waals surface area contributed by atoms with E-state index in [0.717, 1.165) is 36.5 Å². The van der Waals surface area contributed by atoms with Gasteiger partial charge in [-0.2, -0.15) is 0 Å². The number of carbonyl (C=O) groups is 1. The number of rotatable bonds is 6. The normalized spacial score (nSPS) is 16.2. The third-order valence-electron chi connectivity index (χ3n) is 5.13. The van der Waals surface area contributed by atoms with E-state index in [1.165, 1.54) is 44.3 Å². The number of hydrogen-bond donors (Lipinski definition) is 1. The number of amides is 1. The maximum Gasteiger partial charge on any atom is 0.226 e. The van der Waals surface area contributed by atoms with Crippen molar-refractivity contribution in [2.45, 2.75) is 66.0 Å². The molecule has 0 bridgehead atoms. The molecule has 5 nitrogen and oxygen atoms in total. The standard InChI is InChI=1S/C21H32N4O/c1-4-11-25-19-10-9-17(22-21(26)16(2)3)14-18(19)23-20(25)15-24-12-7-5-6-8-13-24/h9-10,14,16H,4-8,11-13,15H2,1-3H3,(H,22,26). The van der Waals surface area contributed by atoms with Crippen LogP contribution in [0.15, 0.2) is 18.2 Å². The molecule has 0 unspecified atom stereocenters. The summed E-state index contributed by atoms with van der Waals surface area (Å²) in [5.41, 5.74) is 2.97. The Bertz CT molecular complexity index is 742. The molecule has 142 valence electrons. The molecule has 1 N–H and O–H groups in total. The molecule has 0 radical (unpaired) electrons. The number of fused-ring (bicyclic) bond motifs is 1. The first-order chi connectivity index (χ1) is 12.6. The summed E-state index contributed by atoms with van der Waals surface area (Å²) in [6, 6.07) is 6.10. The van der Waals surface area contributed by atoms with Crippen LogP contribution in [0.3, 0.4) is 0 Å². The zero-order valence-electron chi connectivity index (χ0n) is 16.4. The van der Waals surface area contributed by atoms with Gasteiger partial charge in [-0.15, -0.1) is 0 Å². The Labute approximate surface area is 156 Å². The van der Waals surface area contributed by atoms with Gasteiger partial charge in [-0.3, -0.25) is 9.69 Å². The molecular formula is C21H32N4O. The van der Waals surface area contributed by atoms with Crippen LogP contribution in [0.5, 0.6) is 0 Å². The molecule has 2 aromatic rings. The quantitative estimate of drug-likeness (QED) is 0.834. The number of anilines is 1. The monoisotopic (exact) mass is 356 g/mol. The molecule has 2 heterocycles. The summed E-state index contributed by atoms with van der Waals surface area (Å²) in [5.74, 6) is 1.17. The first-order valence-electron chi connectivity index (χ1n) is 10.1. The van der Waals surface area contributed by atoms with E-state index in [0.29, 0.717) is 0 Å². The zero-order valence-corrected chi connectivity index (χ0v) is 16.4. The van der Waals surface area contributed by atoms with Crippen molar-refractivity contribution in [2.75, 3.05) is 18.4 Å². The maximum absolute atomic E-state index is 12.0. The maximum atomic E-state index is 12.0. The lowest BCUT2D eigenvalue weighted by molar-refractivity contribution is -0.118. The van der Waals surface area contributed by atoms with E-state index >= 15 is 0 Å². The topological polar surface area (TPSA) is 50.2 Å². The van der Waals surface area contributed by atoms with E-state index in [4.69, 9.17) is 4.98 Å². The molecular weight excluding hydrogens is 324 g/mol. The third-order valence-corrected chi connectivity index (χ3v) is 5.13. The first kappa shape index (κ1) is 18.9. The number of nitrogens with one attached hydrogen (secondary N) is 1. The highest BCUT2D eigenvalue weighted by Gasteiger charge is 2.16. The van der Waals surface area contributed by atoms with Crippen LogP contribution >= 0.6 is 0 Å². The molecule has 26 heavy (non-hydrogen) atoms. The summed E-state index contributed by atoms with van der Waals surface area (Å²) in [6.45, 7) is 10.3. The fourth-order valence-corrected chi connectivity index (χ4v) is 3.63. The van der Waals surface area contributed by atoms with Crippen LogP contribution in [0.2, 0.25) is 0 Å². The van der Waals surface area contributed by atoms with Gasteiger partial charge in [0.2, 0.25) is 5.91 Å². The highest BCUT2D eigenvalue weighted by molar-refractivity contribution is 5.94. The minimum Gasteiger partial charge on any atom is -0.327 e. The molecule has 1 saturated heterocycles. The smallest absolute Gasteiger partial charge is 0.226 e. The molecule has 3 rings (SSSR count). The Kier molecular flexibility index (Phi) is 6.30. The molecule has 1 aliphatic rings. The lowest BCUT2D eigenvalue weighted by atomic mass is 10.2. The van der Waals surface area contributed by atoms with Crippen LogP contribution < -0.4 is 5.32 Å². The SMILES string of the molecule is CCCn1c(CN2CCCCCC2)nc2cc(NC(=O)C(C)C)ccc21. The van der Waals surface area contributed by atoms with Crippen molar-refractivity contribution < 1.29 is 4.79 Å². The van der Waals surface area contributed by atoms with E-state index in [9.17, 15) is 4.79 Å². The highest BCUT2D eigenvalue weighted by Crippen LogP contribution is 2.23. The van der Waals surface area contributed by atoms with Crippen molar-refractivity contribution >= 4 is 22.6 Å². The Hall–Kier alpha value is -1.88. The number of carbonyl (C=O) groups excluding carboxylic acids is 1. The Morgan fingerprint density at radius 2 is 1.92 bits per heavy atom. The van der Waals surface area contributed by atoms with E-state index in [-0.39, 0.29) is 11.8 Å². The number of aromatic nitrogens is 2. The highest BCUT2D eigenvalue weighted by atomic mass is 16.1. The summed E-state index contributed by atoms with van der Waals surface area (Å²) in [6.07, 6.45) is 6.37. The molecule has 0 atom stereocenters. The van der Waals surface area contributed by atoms with Gasteiger partial charge in [-0.05, 0) is 50.6 Å². The van der Waals surface area contributed by atoms with Gasteiger partial charge in [-0.25, -0.2) is 4.98 Å². The fraction of sp³-hybridized carbons (Fsp3) is 0.619. The van der Waals surface area contributed by atoms with E-state index in [1.807, 2.05) is 26.0 Å². The predicted molar refractivity (Wildman–Crippen MR) is 107 cm³/mol. The molecule has 5 heteroatoms. The summed E-state index contributed by atoms with van der Waals surface area (Å²) >= 11 is 0. The zero-order chi connectivity index (χ0) is 18.5. The predicted octanol–water partition coefficient (Wildman–Crippen LogP) is 4.42. The van der Waals surface area contributed by atoms with E-state index in [1.54, 1.807) is 0 Å². The molecule has 1 amide bonds. The molecule has 1 aliphatic heterocycles.